The highest BCUT2D eigenvalue weighted by Gasteiger charge is 2.80. The predicted octanol–water partition coefficient (Wildman–Crippen LogP) is -0.388. The maximum absolute atomic E-state index is 5.86. The fourth-order valence-corrected chi connectivity index (χ4v) is 4.18. The molecular weight excluding hydrogens is 186 g/mol. The molecule has 0 unspecified atom stereocenters. The van der Waals surface area contributed by atoms with E-state index < -0.39 is 5.97 Å². The molecule has 6 aliphatic rings. The number of hydrogen-bond donors (Lipinski definition) is 0. The van der Waals surface area contributed by atoms with Gasteiger partial charge in [0, 0.05) is 6.92 Å². The Morgan fingerprint density at radius 1 is 0.786 bits per heavy atom. The number of ether oxygens (including phenoxy) is 3. The molecule has 0 atom stereocenters. The number of rotatable bonds is 0. The lowest BCUT2D eigenvalue weighted by atomic mass is 9.81. The molecule has 74 valence electrons. The van der Waals surface area contributed by atoms with Gasteiger partial charge in [0.25, 0.3) is 5.97 Å². The van der Waals surface area contributed by atoms with Crippen molar-refractivity contribution < 1.29 is 14.2 Å². The van der Waals surface area contributed by atoms with Gasteiger partial charge in [-0.2, -0.15) is 14.4 Å². The van der Waals surface area contributed by atoms with Crippen molar-refractivity contribution in [3.05, 3.63) is 0 Å². The molecule has 0 aromatic carbocycles. The first-order chi connectivity index (χ1) is 6.79. The number of hydrogen-bond acceptors (Lipinski definition) is 3. The molecule has 3 saturated heterocycles. The second-order valence-corrected chi connectivity index (χ2v) is 5.04. The standard InChI is InChI=1S/C8H9N3O3/c1-8-12-5-2-6(13-8)4-7(14-8)3(5)10-9(2)11(4)10/h2-7H,1H3. The third kappa shape index (κ3) is 0.328. The van der Waals surface area contributed by atoms with Gasteiger partial charge in [-0.05, 0) is 0 Å². The molecule has 14 heavy (non-hydrogen) atoms. The van der Waals surface area contributed by atoms with Crippen LogP contribution in [0.3, 0.4) is 0 Å². The largest absolute Gasteiger partial charge is 0.319 e. The second-order valence-electron chi connectivity index (χ2n) is 5.04. The van der Waals surface area contributed by atoms with Crippen LogP contribution in [0.4, 0.5) is 0 Å². The van der Waals surface area contributed by atoms with Gasteiger partial charge in [0.05, 0.1) is 0 Å². The molecule has 6 aliphatic heterocycles. The summed E-state index contributed by atoms with van der Waals surface area (Å²) in [6, 6.07) is 1.29. The third-order valence-electron chi connectivity index (χ3n) is 4.47. The minimum atomic E-state index is -0.758. The summed E-state index contributed by atoms with van der Waals surface area (Å²) in [6.07, 6.45) is 0.896. The van der Waals surface area contributed by atoms with Gasteiger partial charge in [0.1, 0.15) is 36.4 Å². The average molecular weight is 195 g/mol. The highest BCUT2D eigenvalue weighted by molar-refractivity contribution is 5.22. The second kappa shape index (κ2) is 1.26. The van der Waals surface area contributed by atoms with E-state index in [9.17, 15) is 0 Å². The minimum absolute atomic E-state index is 0.299. The highest BCUT2D eigenvalue weighted by Crippen LogP contribution is 2.67. The van der Waals surface area contributed by atoms with Gasteiger partial charge in [-0.1, -0.05) is 0 Å². The van der Waals surface area contributed by atoms with E-state index in [2.05, 4.69) is 14.4 Å². The molecule has 0 N–H and O–H groups in total. The Kier molecular flexibility index (Phi) is 0.537. The Labute approximate surface area is 78.8 Å². The Morgan fingerprint density at radius 3 is 1.50 bits per heavy atom. The molecule has 0 radical (unpaired) electrons. The van der Waals surface area contributed by atoms with Crippen LogP contribution in [0.5, 0.6) is 0 Å². The molecule has 0 spiro atoms. The predicted molar refractivity (Wildman–Crippen MR) is 40.5 cm³/mol. The number of nitrogens with zero attached hydrogens (tertiary/aromatic N) is 3. The summed E-state index contributed by atoms with van der Waals surface area (Å²) < 4.78 is 17.6. The first kappa shape index (κ1) is 5.99. The topological polar surface area (TPSA) is 42.5 Å². The quantitative estimate of drug-likeness (QED) is 0.566. The van der Waals surface area contributed by atoms with E-state index in [0.717, 1.165) is 0 Å². The third-order valence-corrected chi connectivity index (χ3v) is 4.47. The van der Waals surface area contributed by atoms with Crippen LogP contribution < -0.4 is 0 Å². The summed E-state index contributed by atoms with van der Waals surface area (Å²) in [4.78, 5) is 6.86. The van der Waals surface area contributed by atoms with Crippen molar-refractivity contribution in [2.45, 2.75) is 49.3 Å². The molecule has 0 saturated carbocycles. The van der Waals surface area contributed by atoms with E-state index in [-0.39, 0.29) is 0 Å². The Balaban J connectivity index is 1.73. The fourth-order valence-electron chi connectivity index (χ4n) is 4.18. The molecule has 7 rings (SSSR count). The average Bonchev–Trinajstić information content (AvgIpc) is 2.56. The van der Waals surface area contributed by atoms with Crippen molar-refractivity contribution in [1.82, 2.24) is 14.4 Å². The fraction of sp³-hybridized carbons (Fsp3) is 1.00. The van der Waals surface area contributed by atoms with Gasteiger partial charge < -0.3 is 14.2 Å². The minimum Gasteiger partial charge on any atom is -0.319 e. The van der Waals surface area contributed by atoms with Crippen LogP contribution >= 0.6 is 0 Å². The van der Waals surface area contributed by atoms with E-state index >= 15 is 0 Å². The van der Waals surface area contributed by atoms with Gasteiger partial charge in [-0.25, -0.2) is 0 Å². The van der Waals surface area contributed by atoms with Crippen molar-refractivity contribution in [2.75, 3.05) is 0 Å². The van der Waals surface area contributed by atoms with Crippen molar-refractivity contribution in [2.24, 2.45) is 0 Å². The first-order valence-corrected chi connectivity index (χ1v) is 5.19. The van der Waals surface area contributed by atoms with Gasteiger partial charge in [0.2, 0.25) is 0 Å². The van der Waals surface area contributed by atoms with Crippen molar-refractivity contribution in [3.63, 3.8) is 0 Å². The zero-order valence-corrected chi connectivity index (χ0v) is 7.53. The molecule has 3 fully saturated rings. The van der Waals surface area contributed by atoms with Crippen LogP contribution in [0.2, 0.25) is 0 Å². The summed E-state index contributed by atoms with van der Waals surface area (Å²) >= 11 is 0. The molecular formula is C8H9N3O3. The molecule has 0 amide bonds. The summed E-state index contributed by atoms with van der Waals surface area (Å²) in [5.74, 6) is -0.758. The van der Waals surface area contributed by atoms with Crippen LogP contribution in [-0.4, -0.2) is 38.7 Å². The van der Waals surface area contributed by atoms with Crippen LogP contribution in [0.15, 0.2) is 0 Å². The maximum Gasteiger partial charge on any atom is 0.281 e. The molecule has 6 nitrogen and oxygen atoms in total. The van der Waals surface area contributed by atoms with Gasteiger partial charge in [-0.15, -0.1) is 0 Å². The van der Waals surface area contributed by atoms with Crippen LogP contribution in [0.1, 0.15) is 25.0 Å². The molecule has 1 aromatic rings. The van der Waals surface area contributed by atoms with E-state index in [0.29, 0.717) is 36.4 Å². The zero-order chi connectivity index (χ0) is 8.82. The van der Waals surface area contributed by atoms with Crippen molar-refractivity contribution in [1.29, 1.82) is 0 Å². The maximum atomic E-state index is 5.86. The van der Waals surface area contributed by atoms with Crippen molar-refractivity contribution in [3.8, 4) is 0 Å². The number of aromatic nitrogens is 3. The van der Waals surface area contributed by atoms with E-state index in [1.54, 1.807) is 0 Å². The van der Waals surface area contributed by atoms with E-state index in [4.69, 9.17) is 14.2 Å². The summed E-state index contributed by atoms with van der Waals surface area (Å²) in [5.41, 5.74) is 0. The van der Waals surface area contributed by atoms with Gasteiger partial charge >= 0.3 is 0 Å². The van der Waals surface area contributed by atoms with Gasteiger partial charge in [0.15, 0.2) is 0 Å². The highest BCUT2D eigenvalue weighted by atomic mass is 16.9. The van der Waals surface area contributed by atoms with Crippen LogP contribution in [0.25, 0.3) is 0 Å². The monoisotopic (exact) mass is 195 g/mol. The molecule has 7 heterocycles. The summed E-state index contributed by atoms with van der Waals surface area (Å²) in [7, 11) is 0. The van der Waals surface area contributed by atoms with Crippen LogP contribution in [-0.2, 0) is 14.2 Å². The van der Waals surface area contributed by atoms with Crippen molar-refractivity contribution >= 4 is 0 Å². The lowest BCUT2D eigenvalue weighted by Gasteiger charge is -2.54. The summed E-state index contributed by atoms with van der Waals surface area (Å²) in [5, 5.41) is 0. The summed E-state index contributed by atoms with van der Waals surface area (Å²) in [6.45, 7) is 1.89. The Morgan fingerprint density at radius 2 is 1.14 bits per heavy atom. The lowest BCUT2D eigenvalue weighted by Crippen LogP contribution is -2.65. The molecule has 0 aliphatic carbocycles. The Bertz CT molecular complexity index is 396. The Hall–Kier alpha value is -0.720. The van der Waals surface area contributed by atoms with Crippen LogP contribution in [0, 0.1) is 0 Å². The normalized spacial score (nSPS) is 69.2. The molecule has 1 aromatic heterocycles. The van der Waals surface area contributed by atoms with Gasteiger partial charge in [-0.3, -0.25) is 0 Å². The van der Waals surface area contributed by atoms with E-state index in [1.807, 2.05) is 6.92 Å². The van der Waals surface area contributed by atoms with E-state index in [1.165, 1.54) is 0 Å². The lowest BCUT2D eigenvalue weighted by molar-refractivity contribution is -0.497. The zero-order valence-electron chi connectivity index (χ0n) is 7.53. The first-order valence-electron chi connectivity index (χ1n) is 5.19. The SMILES string of the molecule is CC12OC3C4C(O1)C1C(O2)C3n2n4n21. The smallest absolute Gasteiger partial charge is 0.281 e. The molecule has 6 heteroatoms. The molecule has 4 bridgehead atoms.